The second kappa shape index (κ2) is 12.8. The van der Waals surface area contributed by atoms with Gasteiger partial charge in [-0.25, -0.2) is 4.79 Å². The summed E-state index contributed by atoms with van der Waals surface area (Å²) < 4.78 is 39.8. The van der Waals surface area contributed by atoms with E-state index in [0.717, 1.165) is 43.8 Å². The van der Waals surface area contributed by atoms with Crippen LogP contribution in [0.4, 0.5) is 35.0 Å². The van der Waals surface area contributed by atoms with Crippen molar-refractivity contribution < 1.29 is 22.9 Å². The molecule has 39 heavy (non-hydrogen) atoms. The van der Waals surface area contributed by atoms with Crippen LogP contribution in [0.2, 0.25) is 5.02 Å². The Morgan fingerprint density at radius 2 is 1.69 bits per heavy atom. The first-order chi connectivity index (χ1) is 18.0. The van der Waals surface area contributed by atoms with Gasteiger partial charge in [0.15, 0.2) is 0 Å². The number of nitrogens with zero attached hydrogens (tertiary/aromatic N) is 4. The maximum atomic E-state index is 13.3. The Bertz CT molecular complexity index is 1130. The van der Waals surface area contributed by atoms with Gasteiger partial charge in [-0.15, -0.1) is 0 Å². The van der Waals surface area contributed by atoms with Gasteiger partial charge in [-0.05, 0) is 68.0 Å². The van der Waals surface area contributed by atoms with Crippen molar-refractivity contribution in [2.45, 2.75) is 45.3 Å². The molecule has 0 saturated carbocycles. The summed E-state index contributed by atoms with van der Waals surface area (Å²) in [5.74, 6) is 0.414. The molecule has 214 valence electrons. The number of halogens is 4. The molecule has 0 bridgehead atoms. The summed E-state index contributed by atoms with van der Waals surface area (Å²) >= 11 is 5.98. The third kappa shape index (κ3) is 7.68. The molecule has 0 spiro atoms. The summed E-state index contributed by atoms with van der Waals surface area (Å²) in [7, 11) is 1.81. The van der Waals surface area contributed by atoms with Crippen molar-refractivity contribution in [2.75, 3.05) is 50.0 Å². The maximum absolute atomic E-state index is 13.3. The zero-order chi connectivity index (χ0) is 27.4. The van der Waals surface area contributed by atoms with E-state index in [1.165, 1.54) is 6.07 Å². The van der Waals surface area contributed by atoms with Crippen LogP contribution in [0.5, 0.6) is 0 Å². The lowest BCUT2D eigenvalue weighted by Gasteiger charge is -2.38. The fraction of sp³-hybridized carbons (Fsp3) is 0.519. The summed E-state index contributed by atoms with van der Waals surface area (Å²) in [6.07, 6.45) is -1.72. The SMILES string of the molecule is C.CN(CC1CCN(c2ccc(Cl)cc2)CC1)C(=O)N1CCC(Nc2ccc([N+](=O)[O-])c(C(F)(F)F)c2)CC1. The number of alkyl halides is 3. The summed E-state index contributed by atoms with van der Waals surface area (Å²) in [4.78, 5) is 28.8. The largest absolute Gasteiger partial charge is 0.423 e. The zero-order valence-electron chi connectivity index (χ0n) is 21.1. The lowest BCUT2D eigenvalue weighted by molar-refractivity contribution is -0.388. The van der Waals surface area contributed by atoms with Crippen LogP contribution in [-0.2, 0) is 6.18 Å². The molecule has 0 atom stereocenters. The molecule has 2 amide bonds. The number of urea groups is 1. The number of nitro benzene ring substituents is 1. The third-order valence-corrected chi connectivity index (χ3v) is 7.55. The first-order valence-electron chi connectivity index (χ1n) is 12.6. The summed E-state index contributed by atoms with van der Waals surface area (Å²) in [5.41, 5.74) is -0.922. The highest BCUT2D eigenvalue weighted by molar-refractivity contribution is 6.30. The van der Waals surface area contributed by atoms with Crippen molar-refractivity contribution in [3.63, 3.8) is 0 Å². The van der Waals surface area contributed by atoms with Gasteiger partial charge >= 0.3 is 12.2 Å². The van der Waals surface area contributed by atoms with Crippen molar-refractivity contribution >= 4 is 34.7 Å². The Morgan fingerprint density at radius 1 is 1.08 bits per heavy atom. The van der Waals surface area contributed by atoms with Gasteiger partial charge < -0.3 is 20.0 Å². The maximum Gasteiger partial charge on any atom is 0.423 e. The predicted octanol–water partition coefficient (Wildman–Crippen LogP) is 6.75. The number of amides is 2. The topological polar surface area (TPSA) is 82.0 Å². The number of carbonyl (C=O) groups is 1. The van der Waals surface area contributed by atoms with Crippen LogP contribution in [0.25, 0.3) is 0 Å². The number of hydrogen-bond acceptors (Lipinski definition) is 5. The Morgan fingerprint density at radius 3 is 2.26 bits per heavy atom. The summed E-state index contributed by atoms with van der Waals surface area (Å²) in [5, 5.41) is 14.7. The molecule has 2 aromatic carbocycles. The molecule has 2 aliphatic heterocycles. The number of hydrogen-bond donors (Lipinski definition) is 1. The normalized spacial score (nSPS) is 16.9. The monoisotopic (exact) mass is 569 g/mol. The number of piperidine rings is 2. The van der Waals surface area contributed by atoms with E-state index in [4.69, 9.17) is 11.6 Å². The van der Waals surface area contributed by atoms with E-state index in [0.29, 0.717) is 43.4 Å². The number of anilines is 2. The standard InChI is InChI=1S/C26H31ClF3N5O3.CH4/c1-32(17-18-8-12-33(13-9-18)22-5-2-19(27)3-6-22)25(36)34-14-10-20(11-15-34)31-21-4-7-24(35(37)38)23(16-21)26(28,29)30;/h2-7,16,18,20,31H,8-15,17H2,1H3;1H4. The Balaban J connectivity index is 0.00000420. The number of carbonyl (C=O) groups excluding carboxylic acids is 1. The van der Waals surface area contributed by atoms with Crippen LogP contribution >= 0.6 is 11.6 Å². The molecule has 12 heteroatoms. The van der Waals surface area contributed by atoms with Gasteiger partial charge in [0, 0.05) is 68.3 Å². The van der Waals surface area contributed by atoms with E-state index < -0.39 is 22.4 Å². The Labute approximate surface area is 231 Å². The van der Waals surface area contributed by atoms with Crippen LogP contribution in [0.3, 0.4) is 0 Å². The fourth-order valence-corrected chi connectivity index (χ4v) is 5.32. The summed E-state index contributed by atoms with van der Waals surface area (Å²) in [6.45, 7) is 3.48. The average molecular weight is 570 g/mol. The van der Waals surface area contributed by atoms with Crippen LogP contribution in [-0.4, -0.2) is 66.6 Å². The van der Waals surface area contributed by atoms with Gasteiger partial charge in [0.2, 0.25) is 0 Å². The van der Waals surface area contributed by atoms with Gasteiger partial charge in [0.05, 0.1) is 4.92 Å². The van der Waals surface area contributed by atoms with Gasteiger partial charge in [0.1, 0.15) is 5.56 Å². The smallest absolute Gasteiger partial charge is 0.382 e. The second-order valence-corrected chi connectivity index (χ2v) is 10.4. The lowest BCUT2D eigenvalue weighted by atomic mass is 9.96. The van der Waals surface area contributed by atoms with Gasteiger partial charge in [-0.2, -0.15) is 13.2 Å². The molecular formula is C27H35ClF3N5O3. The van der Waals surface area contributed by atoms with Crippen LogP contribution in [0, 0.1) is 16.0 Å². The Hall–Kier alpha value is -3.21. The highest BCUT2D eigenvalue weighted by atomic mass is 35.5. The van der Waals surface area contributed by atoms with E-state index in [2.05, 4.69) is 10.2 Å². The molecule has 2 fully saturated rings. The number of benzene rings is 2. The van der Waals surface area contributed by atoms with Crippen molar-refractivity contribution in [3.8, 4) is 0 Å². The molecule has 4 rings (SSSR count). The molecule has 0 radical (unpaired) electrons. The first-order valence-corrected chi connectivity index (χ1v) is 13.0. The highest BCUT2D eigenvalue weighted by Crippen LogP contribution is 2.38. The fourth-order valence-electron chi connectivity index (χ4n) is 5.20. The predicted molar refractivity (Wildman–Crippen MR) is 147 cm³/mol. The van der Waals surface area contributed by atoms with E-state index in [1.54, 1.807) is 9.80 Å². The molecule has 1 N–H and O–H groups in total. The molecule has 8 nitrogen and oxygen atoms in total. The van der Waals surface area contributed by atoms with Crippen LogP contribution in [0.15, 0.2) is 42.5 Å². The van der Waals surface area contributed by atoms with E-state index >= 15 is 0 Å². The van der Waals surface area contributed by atoms with E-state index in [9.17, 15) is 28.1 Å². The lowest BCUT2D eigenvalue weighted by Crippen LogP contribution is -2.49. The minimum absolute atomic E-state index is 0. The third-order valence-electron chi connectivity index (χ3n) is 7.30. The van der Waals surface area contributed by atoms with Crippen molar-refractivity contribution in [1.29, 1.82) is 0 Å². The molecule has 2 aromatic rings. The molecular weight excluding hydrogens is 535 g/mol. The number of likely N-dealkylation sites (tertiary alicyclic amines) is 1. The van der Waals surface area contributed by atoms with Crippen molar-refractivity contribution in [3.05, 3.63) is 63.2 Å². The van der Waals surface area contributed by atoms with Crippen molar-refractivity contribution in [1.82, 2.24) is 9.80 Å². The molecule has 2 aliphatic rings. The number of rotatable bonds is 6. The molecule has 0 aliphatic carbocycles. The van der Waals surface area contributed by atoms with Crippen LogP contribution in [0.1, 0.15) is 38.7 Å². The quantitative estimate of drug-likeness (QED) is 0.307. The van der Waals surface area contributed by atoms with Gasteiger partial charge in [-0.3, -0.25) is 10.1 Å². The molecule has 0 unspecified atom stereocenters. The molecule has 2 saturated heterocycles. The minimum Gasteiger partial charge on any atom is -0.382 e. The second-order valence-electron chi connectivity index (χ2n) is 9.96. The zero-order valence-corrected chi connectivity index (χ0v) is 21.8. The highest BCUT2D eigenvalue weighted by Gasteiger charge is 2.38. The van der Waals surface area contributed by atoms with Gasteiger partial charge in [-0.1, -0.05) is 19.0 Å². The minimum atomic E-state index is -4.83. The summed E-state index contributed by atoms with van der Waals surface area (Å²) in [6, 6.07) is 10.6. The van der Waals surface area contributed by atoms with Gasteiger partial charge in [0.25, 0.3) is 5.69 Å². The van der Waals surface area contributed by atoms with Crippen molar-refractivity contribution in [2.24, 2.45) is 5.92 Å². The number of nitro groups is 1. The average Bonchev–Trinajstić information content (AvgIpc) is 2.89. The molecule has 2 heterocycles. The Kier molecular flexibility index (Phi) is 9.93. The van der Waals surface area contributed by atoms with Crippen LogP contribution < -0.4 is 10.2 Å². The van der Waals surface area contributed by atoms with E-state index in [-0.39, 0.29) is 25.2 Å². The molecule has 0 aromatic heterocycles. The number of nitrogens with one attached hydrogen (secondary N) is 1. The first kappa shape index (κ1) is 30.3. The van der Waals surface area contributed by atoms with E-state index in [1.807, 2.05) is 31.3 Å².